The zero-order valence-electron chi connectivity index (χ0n) is 14.1. The third-order valence-corrected chi connectivity index (χ3v) is 4.00. The van der Waals surface area contributed by atoms with Crippen molar-refractivity contribution in [2.24, 2.45) is 5.92 Å². The standard InChI is InChI=1S/C15H16N8O2S/c1-9(2)12(25)22-15-20-10(7-26-15)6-11(24)21-14-18-8-19-23(14)13-16-4-3-5-17-13/h3-5,7-9H,6H2,1-2H3,(H,20,22,25)(H,18,19,21,24). The van der Waals surface area contributed by atoms with E-state index in [9.17, 15) is 9.59 Å². The van der Waals surface area contributed by atoms with Gasteiger partial charge in [0.25, 0.3) is 5.95 Å². The average Bonchev–Trinajstić information content (AvgIpc) is 3.25. The van der Waals surface area contributed by atoms with E-state index in [2.05, 4.69) is 35.7 Å². The smallest absolute Gasteiger partial charge is 0.253 e. The lowest BCUT2D eigenvalue weighted by Crippen LogP contribution is -2.19. The first-order chi connectivity index (χ1) is 12.5. The first-order valence-corrected chi connectivity index (χ1v) is 8.63. The number of carbonyl (C=O) groups is 2. The van der Waals surface area contributed by atoms with Gasteiger partial charge >= 0.3 is 0 Å². The second-order valence-corrected chi connectivity index (χ2v) is 6.42. The Morgan fingerprint density at radius 1 is 1.19 bits per heavy atom. The SMILES string of the molecule is CC(C)C(=O)Nc1nc(CC(=O)Nc2ncnn2-c2ncccn2)cs1. The molecule has 0 saturated heterocycles. The second kappa shape index (κ2) is 7.78. The minimum Gasteiger partial charge on any atom is -0.302 e. The molecule has 0 aliphatic carbocycles. The maximum absolute atomic E-state index is 12.2. The van der Waals surface area contributed by atoms with E-state index in [0.717, 1.165) is 0 Å². The van der Waals surface area contributed by atoms with Crippen LogP contribution in [0.25, 0.3) is 5.95 Å². The highest BCUT2D eigenvalue weighted by Crippen LogP contribution is 2.17. The van der Waals surface area contributed by atoms with Gasteiger partial charge in [-0.2, -0.15) is 14.8 Å². The van der Waals surface area contributed by atoms with Crippen molar-refractivity contribution in [3.05, 3.63) is 35.9 Å². The highest BCUT2D eigenvalue weighted by molar-refractivity contribution is 7.13. The van der Waals surface area contributed by atoms with E-state index in [4.69, 9.17) is 0 Å². The van der Waals surface area contributed by atoms with Gasteiger partial charge in [-0.3, -0.25) is 14.9 Å². The highest BCUT2D eigenvalue weighted by atomic mass is 32.1. The number of carbonyl (C=O) groups excluding carboxylic acids is 2. The predicted molar refractivity (Wildman–Crippen MR) is 94.9 cm³/mol. The molecule has 3 aromatic rings. The van der Waals surface area contributed by atoms with Gasteiger partial charge in [0.1, 0.15) is 6.33 Å². The lowest BCUT2D eigenvalue weighted by atomic mass is 10.2. The Bertz CT molecular complexity index is 905. The number of amides is 2. The van der Waals surface area contributed by atoms with Crippen LogP contribution in [0.15, 0.2) is 30.2 Å². The third kappa shape index (κ3) is 4.25. The van der Waals surface area contributed by atoms with Crippen molar-refractivity contribution in [2.75, 3.05) is 10.6 Å². The highest BCUT2D eigenvalue weighted by Gasteiger charge is 2.15. The lowest BCUT2D eigenvalue weighted by Gasteiger charge is -2.05. The van der Waals surface area contributed by atoms with Gasteiger partial charge < -0.3 is 5.32 Å². The molecule has 0 atom stereocenters. The van der Waals surface area contributed by atoms with Gasteiger partial charge in [-0.15, -0.1) is 11.3 Å². The first kappa shape index (κ1) is 17.6. The predicted octanol–water partition coefficient (Wildman–Crippen LogP) is 1.29. The Morgan fingerprint density at radius 2 is 1.96 bits per heavy atom. The Hall–Kier alpha value is -3.21. The lowest BCUT2D eigenvalue weighted by molar-refractivity contribution is -0.119. The zero-order chi connectivity index (χ0) is 18.5. The van der Waals surface area contributed by atoms with E-state index in [1.54, 1.807) is 37.7 Å². The number of rotatable bonds is 6. The van der Waals surface area contributed by atoms with Crippen molar-refractivity contribution in [2.45, 2.75) is 20.3 Å². The Labute approximate surface area is 152 Å². The monoisotopic (exact) mass is 372 g/mol. The molecule has 2 amide bonds. The number of thiazole rings is 1. The van der Waals surface area contributed by atoms with E-state index in [0.29, 0.717) is 16.8 Å². The molecule has 0 unspecified atom stereocenters. The quantitative estimate of drug-likeness (QED) is 0.667. The van der Waals surface area contributed by atoms with Crippen LogP contribution in [-0.4, -0.2) is 41.5 Å². The third-order valence-electron chi connectivity index (χ3n) is 3.19. The van der Waals surface area contributed by atoms with Gasteiger partial charge in [-0.1, -0.05) is 13.8 Å². The van der Waals surface area contributed by atoms with Crippen molar-refractivity contribution in [1.82, 2.24) is 29.7 Å². The van der Waals surface area contributed by atoms with Gasteiger partial charge in [0.05, 0.1) is 12.1 Å². The molecule has 3 aromatic heterocycles. The Kier molecular flexibility index (Phi) is 5.27. The van der Waals surface area contributed by atoms with Crippen molar-refractivity contribution < 1.29 is 9.59 Å². The van der Waals surface area contributed by atoms with Crippen LogP contribution in [0, 0.1) is 5.92 Å². The molecule has 26 heavy (non-hydrogen) atoms. The van der Waals surface area contributed by atoms with E-state index >= 15 is 0 Å². The molecule has 0 bridgehead atoms. The number of hydrogen-bond acceptors (Lipinski definition) is 8. The normalized spacial score (nSPS) is 10.7. The summed E-state index contributed by atoms with van der Waals surface area (Å²) >= 11 is 1.27. The summed E-state index contributed by atoms with van der Waals surface area (Å²) < 4.78 is 1.33. The molecule has 0 saturated carbocycles. The topological polar surface area (TPSA) is 128 Å². The van der Waals surface area contributed by atoms with E-state index in [1.807, 2.05) is 0 Å². The molecule has 0 aliphatic heterocycles. The van der Waals surface area contributed by atoms with Gasteiger partial charge in [0, 0.05) is 23.7 Å². The van der Waals surface area contributed by atoms with Crippen LogP contribution < -0.4 is 10.6 Å². The van der Waals surface area contributed by atoms with Crippen LogP contribution in [0.3, 0.4) is 0 Å². The molecule has 3 heterocycles. The van der Waals surface area contributed by atoms with Crippen LogP contribution >= 0.6 is 11.3 Å². The summed E-state index contributed by atoms with van der Waals surface area (Å²) in [7, 11) is 0. The van der Waals surface area contributed by atoms with E-state index < -0.39 is 0 Å². The van der Waals surface area contributed by atoms with Gasteiger partial charge in [0.15, 0.2) is 5.13 Å². The van der Waals surface area contributed by atoms with E-state index in [1.165, 1.54) is 22.3 Å². The summed E-state index contributed by atoms with van der Waals surface area (Å²) in [6, 6.07) is 1.68. The van der Waals surface area contributed by atoms with Crippen molar-refractivity contribution >= 4 is 34.2 Å². The summed E-state index contributed by atoms with van der Waals surface area (Å²) in [5.41, 5.74) is 0.550. The molecule has 2 N–H and O–H groups in total. The minimum absolute atomic E-state index is 0.0382. The molecule has 11 heteroatoms. The Morgan fingerprint density at radius 3 is 2.69 bits per heavy atom. The van der Waals surface area contributed by atoms with Crippen molar-refractivity contribution in [1.29, 1.82) is 0 Å². The van der Waals surface area contributed by atoms with Crippen LogP contribution in [0.2, 0.25) is 0 Å². The largest absolute Gasteiger partial charge is 0.302 e. The summed E-state index contributed by atoms with van der Waals surface area (Å²) in [4.78, 5) is 40.3. The van der Waals surface area contributed by atoms with Crippen molar-refractivity contribution in [3.8, 4) is 5.95 Å². The fraction of sp³-hybridized carbons (Fsp3) is 0.267. The summed E-state index contributed by atoms with van der Waals surface area (Å²) in [6.07, 6.45) is 4.47. The molecule has 134 valence electrons. The molecule has 3 rings (SSSR count). The summed E-state index contributed by atoms with van der Waals surface area (Å²) in [6.45, 7) is 3.59. The molecule has 10 nitrogen and oxygen atoms in total. The van der Waals surface area contributed by atoms with Gasteiger partial charge in [-0.25, -0.2) is 15.0 Å². The average molecular weight is 372 g/mol. The number of nitrogens with zero attached hydrogens (tertiary/aromatic N) is 6. The van der Waals surface area contributed by atoms with E-state index in [-0.39, 0.29) is 30.1 Å². The number of nitrogens with one attached hydrogen (secondary N) is 2. The second-order valence-electron chi connectivity index (χ2n) is 5.56. The molecule has 0 spiro atoms. The van der Waals surface area contributed by atoms with Gasteiger partial charge in [-0.05, 0) is 6.07 Å². The maximum Gasteiger partial charge on any atom is 0.253 e. The zero-order valence-corrected chi connectivity index (χ0v) is 14.9. The minimum atomic E-state index is -0.317. The molecular weight excluding hydrogens is 356 g/mol. The molecule has 0 aliphatic rings. The maximum atomic E-state index is 12.2. The van der Waals surface area contributed by atoms with Crippen molar-refractivity contribution in [3.63, 3.8) is 0 Å². The van der Waals surface area contributed by atoms with Gasteiger partial charge in [0.2, 0.25) is 17.8 Å². The molecule has 0 fully saturated rings. The fourth-order valence-electron chi connectivity index (χ4n) is 1.90. The Balaban J connectivity index is 1.63. The van der Waals surface area contributed by atoms with Crippen LogP contribution in [0.1, 0.15) is 19.5 Å². The molecule has 0 aromatic carbocycles. The number of aromatic nitrogens is 6. The van der Waals surface area contributed by atoms with Crippen LogP contribution in [-0.2, 0) is 16.0 Å². The molecular formula is C15H16N8O2S. The first-order valence-electron chi connectivity index (χ1n) is 7.75. The van der Waals surface area contributed by atoms with Crippen LogP contribution in [0.5, 0.6) is 0 Å². The number of hydrogen-bond donors (Lipinski definition) is 2. The fourth-order valence-corrected chi connectivity index (χ4v) is 2.62. The summed E-state index contributed by atoms with van der Waals surface area (Å²) in [5.74, 6) is -0.0665. The molecule has 0 radical (unpaired) electrons. The van der Waals surface area contributed by atoms with Crippen LogP contribution in [0.4, 0.5) is 11.1 Å². The number of anilines is 2. The summed E-state index contributed by atoms with van der Waals surface area (Å²) in [5, 5.41) is 11.6.